The Hall–Kier alpha value is -6.17. The van der Waals surface area contributed by atoms with E-state index in [1.165, 1.54) is 91.7 Å². The molecular weight excluding hydrogens is 1010 g/mol. The van der Waals surface area contributed by atoms with E-state index in [0.29, 0.717) is 6.42 Å². The number of hydrogen-bond acceptors (Lipinski definition) is 13. The van der Waals surface area contributed by atoms with Crippen LogP contribution in [-0.2, 0) is 52.7 Å². The maximum Gasteiger partial charge on any atom is 0.246 e. The van der Waals surface area contributed by atoms with Crippen LogP contribution in [0.25, 0.3) is 0 Å². The van der Waals surface area contributed by atoms with Gasteiger partial charge in [0, 0.05) is 49.3 Å². The molecule has 11 amide bonds. The molecule has 1 aliphatic heterocycles. The summed E-state index contributed by atoms with van der Waals surface area (Å²) >= 11 is 0. The molecular formula is C54H95N11O13. The zero-order valence-corrected chi connectivity index (χ0v) is 50.1. The van der Waals surface area contributed by atoms with Crippen molar-refractivity contribution in [3.05, 3.63) is 12.2 Å². The van der Waals surface area contributed by atoms with Crippen LogP contribution in [0.4, 0.5) is 0 Å². The Morgan fingerprint density at radius 3 is 1.44 bits per heavy atom. The summed E-state index contributed by atoms with van der Waals surface area (Å²) in [7, 11) is 9.37. The van der Waals surface area contributed by atoms with E-state index in [2.05, 4.69) is 21.3 Å². The Labute approximate surface area is 462 Å². The Morgan fingerprint density at radius 1 is 0.513 bits per heavy atom. The van der Waals surface area contributed by atoms with E-state index >= 15 is 4.79 Å². The summed E-state index contributed by atoms with van der Waals surface area (Å²) in [6.45, 7) is 20.0. The summed E-state index contributed by atoms with van der Waals surface area (Å²) in [5.41, 5.74) is 0. The molecule has 78 heavy (non-hydrogen) atoms. The average Bonchev–Trinajstić information content (AvgIpc) is 3.35. The molecule has 0 aliphatic carbocycles. The van der Waals surface area contributed by atoms with Crippen molar-refractivity contribution in [2.45, 2.75) is 182 Å². The Kier molecular flexibility index (Phi) is 28.1. The van der Waals surface area contributed by atoms with Gasteiger partial charge in [-0.1, -0.05) is 67.5 Å². The maximum atomic E-state index is 15.0. The summed E-state index contributed by atoms with van der Waals surface area (Å²) < 4.78 is 0. The summed E-state index contributed by atoms with van der Waals surface area (Å²) in [5.74, 6) is -9.87. The molecule has 1 rings (SSSR count). The molecule has 444 valence electrons. The number of rotatable bonds is 11. The van der Waals surface area contributed by atoms with Gasteiger partial charge in [-0.05, 0) is 84.0 Å². The number of aliphatic hydroxyl groups excluding tert-OH is 2. The lowest BCUT2D eigenvalue weighted by Crippen LogP contribution is -2.63. The van der Waals surface area contributed by atoms with Crippen molar-refractivity contribution in [1.29, 1.82) is 0 Å². The molecule has 0 unspecified atom stereocenters. The van der Waals surface area contributed by atoms with Gasteiger partial charge in [0.1, 0.15) is 54.4 Å². The highest BCUT2D eigenvalue weighted by Gasteiger charge is 2.45. The molecule has 1 fully saturated rings. The van der Waals surface area contributed by atoms with Crippen LogP contribution in [0.3, 0.4) is 0 Å². The van der Waals surface area contributed by atoms with Gasteiger partial charge < -0.3 is 65.8 Å². The predicted octanol–water partition coefficient (Wildman–Crippen LogP) is -0.447. The highest BCUT2D eigenvalue weighted by atomic mass is 16.3. The van der Waals surface area contributed by atoms with Gasteiger partial charge in [-0.15, -0.1) is 0 Å². The van der Waals surface area contributed by atoms with E-state index in [1.54, 1.807) is 46.8 Å². The fraction of sp³-hybridized carbons (Fsp3) is 0.759. The number of hydrogen-bond donors (Lipinski definition) is 6. The minimum Gasteiger partial charge on any atom is -0.391 e. The van der Waals surface area contributed by atoms with Crippen molar-refractivity contribution >= 4 is 65.0 Å². The lowest BCUT2D eigenvalue weighted by molar-refractivity contribution is -0.157. The van der Waals surface area contributed by atoms with Gasteiger partial charge >= 0.3 is 0 Å². The topological polar surface area (TPSA) is 299 Å². The molecule has 1 aliphatic rings. The van der Waals surface area contributed by atoms with Crippen molar-refractivity contribution in [2.24, 2.45) is 23.7 Å². The number of nitrogens with zero attached hydrogens (tertiary/aromatic N) is 7. The van der Waals surface area contributed by atoms with E-state index < -0.39 is 156 Å². The number of carbonyl (C=O) groups excluding carboxylic acids is 11. The normalized spacial score (nSPS) is 27.5. The van der Waals surface area contributed by atoms with Crippen LogP contribution in [0.5, 0.6) is 0 Å². The van der Waals surface area contributed by atoms with E-state index in [1.807, 2.05) is 27.7 Å². The largest absolute Gasteiger partial charge is 0.391 e. The van der Waals surface area contributed by atoms with Crippen LogP contribution >= 0.6 is 0 Å². The molecule has 24 heteroatoms. The molecule has 0 radical (unpaired) electrons. The fourth-order valence-corrected chi connectivity index (χ4v) is 9.43. The molecule has 0 saturated carbocycles. The minimum absolute atomic E-state index is 0.0152. The van der Waals surface area contributed by atoms with Gasteiger partial charge in [-0.25, -0.2) is 0 Å². The second kappa shape index (κ2) is 31.4. The highest BCUT2D eigenvalue weighted by molar-refractivity contribution is 5.99. The quantitative estimate of drug-likeness (QED) is 0.143. The third kappa shape index (κ3) is 19.0. The zero-order chi connectivity index (χ0) is 60.5. The molecule has 1 saturated heterocycles. The van der Waals surface area contributed by atoms with Gasteiger partial charge in [0.05, 0.1) is 25.3 Å². The van der Waals surface area contributed by atoms with Crippen molar-refractivity contribution < 1.29 is 63.0 Å². The van der Waals surface area contributed by atoms with E-state index in [9.17, 15) is 58.2 Å². The molecule has 24 nitrogen and oxygen atoms in total. The first-order valence-corrected chi connectivity index (χ1v) is 27.0. The van der Waals surface area contributed by atoms with Crippen LogP contribution in [-0.4, -0.2) is 238 Å². The number of allylic oxidation sites excluding steroid dienone is 2. The van der Waals surface area contributed by atoms with Crippen LogP contribution in [0.2, 0.25) is 0 Å². The molecule has 0 aromatic rings. The smallest absolute Gasteiger partial charge is 0.246 e. The minimum atomic E-state index is -1.63. The standard InChI is InChI=1S/C54H95N11O13/c1-21-23-24-32(9)45(69)44-48(72)58-37(22-2)51(75)60(15)28-41(68)63(18)43(36(13)66)47(71)57-34(11)49(73)59(14)27-40(67)55-33(10)46(70)56-35(12)50(74)61(16)38(25-29(3)4)52(76)62(17)39(26-30(5)6)53(77)64(19)42(31(7)8)54(78)65(44)20/h21,23,29-39,42-45,66,69H,22,24-28H2,1-20H3,(H,55,67)(H,56,70)(H,57,71)(H,58,72)/b23-21+/t32-,33+,34+,35-,36-,37+,38+,39-,42+,43+,44+,45-/m1/s1. The molecule has 6 N–H and O–H groups in total. The summed E-state index contributed by atoms with van der Waals surface area (Å²) in [6, 6.07) is -11.8. The third-order valence-corrected chi connectivity index (χ3v) is 14.2. The molecule has 12 atom stereocenters. The summed E-state index contributed by atoms with van der Waals surface area (Å²) in [6.07, 6.45) is 1.10. The Balaban J connectivity index is 4.13. The number of nitrogens with one attached hydrogen (secondary N) is 4. The van der Waals surface area contributed by atoms with Crippen molar-refractivity contribution in [1.82, 2.24) is 55.6 Å². The predicted molar refractivity (Wildman–Crippen MR) is 293 cm³/mol. The molecule has 0 aromatic carbocycles. The number of amides is 11. The SMILES string of the molecule is C/C=C/C[C@@H](C)[C@@H](O)[C@H]1C(=O)N[C@@H](CC)C(=O)N(C)CC(=O)N(C)[C@@H]([C@@H](C)O)C(=O)N[C@@H](C)C(=O)N(C)CC(=O)N[C@@H](C)C(=O)N[C@H](C)C(=O)N(C)[C@@H](CC(C)C)C(=O)N(C)[C@H](CC(C)C)C(=O)N(C)[C@@H](C(C)C)C(=O)N1C. The highest BCUT2D eigenvalue weighted by Crippen LogP contribution is 2.25. The van der Waals surface area contributed by atoms with Crippen molar-refractivity contribution in [3.63, 3.8) is 0 Å². The van der Waals surface area contributed by atoms with Gasteiger partial charge in [-0.3, -0.25) is 52.7 Å². The van der Waals surface area contributed by atoms with Gasteiger partial charge in [-0.2, -0.15) is 0 Å². The van der Waals surface area contributed by atoms with Gasteiger partial charge in [0.15, 0.2) is 0 Å². The monoisotopic (exact) mass is 1110 g/mol. The lowest BCUT2D eigenvalue weighted by Gasteiger charge is -2.41. The van der Waals surface area contributed by atoms with Gasteiger partial charge in [0.2, 0.25) is 65.0 Å². The van der Waals surface area contributed by atoms with E-state index in [-0.39, 0.29) is 31.1 Å². The summed E-state index contributed by atoms with van der Waals surface area (Å²) in [4.78, 5) is 163. The van der Waals surface area contributed by atoms with Crippen LogP contribution in [0, 0.1) is 23.7 Å². The van der Waals surface area contributed by atoms with Crippen LogP contribution in [0.1, 0.15) is 116 Å². The van der Waals surface area contributed by atoms with Crippen molar-refractivity contribution in [2.75, 3.05) is 62.4 Å². The zero-order valence-electron chi connectivity index (χ0n) is 50.1. The van der Waals surface area contributed by atoms with E-state index in [4.69, 9.17) is 0 Å². The van der Waals surface area contributed by atoms with E-state index in [0.717, 1.165) is 19.6 Å². The first-order valence-electron chi connectivity index (χ1n) is 27.0. The molecule has 0 aromatic heterocycles. The van der Waals surface area contributed by atoms with Gasteiger partial charge in [0.25, 0.3) is 0 Å². The molecule has 0 bridgehead atoms. The lowest BCUT2D eigenvalue weighted by atomic mass is 9.91. The second-order valence-electron chi connectivity index (χ2n) is 22.3. The number of likely N-dealkylation sites (N-methyl/N-ethyl adjacent to an activating group) is 7. The first-order chi connectivity index (χ1) is 36.0. The second-order valence-corrected chi connectivity index (χ2v) is 22.3. The summed E-state index contributed by atoms with van der Waals surface area (Å²) in [5, 5.41) is 32.9. The fourth-order valence-electron chi connectivity index (χ4n) is 9.43. The maximum absolute atomic E-state index is 15.0. The molecule has 0 spiro atoms. The Bertz CT molecular complexity index is 2150. The van der Waals surface area contributed by atoms with Crippen LogP contribution in [0.15, 0.2) is 12.2 Å². The first kappa shape index (κ1) is 69.8. The third-order valence-electron chi connectivity index (χ3n) is 14.2. The molecule has 1 heterocycles. The van der Waals surface area contributed by atoms with Crippen LogP contribution < -0.4 is 21.3 Å². The van der Waals surface area contributed by atoms with Crippen molar-refractivity contribution in [3.8, 4) is 0 Å². The number of carbonyl (C=O) groups is 11. The Morgan fingerprint density at radius 2 is 0.962 bits per heavy atom. The number of aliphatic hydroxyl groups is 2. The average molecular weight is 1110 g/mol.